The highest BCUT2D eigenvalue weighted by Crippen LogP contribution is 2.09. The van der Waals surface area contributed by atoms with Crippen LogP contribution < -0.4 is 5.32 Å². The van der Waals surface area contributed by atoms with Crippen molar-refractivity contribution in [2.24, 2.45) is 0 Å². The molecule has 0 spiro atoms. The molecule has 1 aromatic rings. The molecular formula is C16H25ClN2O3S. The third-order valence-corrected chi connectivity index (χ3v) is 5.02. The smallest absolute Gasteiger partial charge is 0.221 e. The fourth-order valence-electron chi connectivity index (χ4n) is 2.09. The minimum absolute atomic E-state index is 0.135. The fraction of sp³-hybridized carbons (Fsp3) is 0.562. The van der Waals surface area contributed by atoms with Gasteiger partial charge in [-0.3, -0.25) is 4.79 Å². The maximum Gasteiger partial charge on any atom is 0.221 e. The van der Waals surface area contributed by atoms with Crippen molar-refractivity contribution in [1.82, 2.24) is 9.62 Å². The number of unbranched alkanes of at least 4 members (excludes halogenated alkanes) is 1. The molecule has 1 N–H and O–H groups in total. The summed E-state index contributed by atoms with van der Waals surface area (Å²) < 4.78 is 24.7. The van der Waals surface area contributed by atoms with Gasteiger partial charge in [0.2, 0.25) is 15.9 Å². The van der Waals surface area contributed by atoms with Gasteiger partial charge in [-0.1, -0.05) is 37.1 Å². The predicted molar refractivity (Wildman–Crippen MR) is 94.1 cm³/mol. The molecule has 1 rings (SSSR count). The van der Waals surface area contributed by atoms with E-state index in [4.69, 9.17) is 11.6 Å². The van der Waals surface area contributed by atoms with E-state index in [0.717, 1.165) is 18.4 Å². The number of benzene rings is 1. The molecule has 0 heterocycles. The van der Waals surface area contributed by atoms with Crippen LogP contribution in [0.2, 0.25) is 5.02 Å². The van der Waals surface area contributed by atoms with E-state index in [2.05, 4.69) is 5.32 Å². The first-order valence-corrected chi connectivity index (χ1v) is 10.0. The van der Waals surface area contributed by atoms with Gasteiger partial charge in [-0.2, -0.15) is 0 Å². The summed E-state index contributed by atoms with van der Waals surface area (Å²) in [5.41, 5.74) is 1.09. The average Bonchev–Trinajstić information content (AvgIpc) is 2.48. The van der Waals surface area contributed by atoms with Gasteiger partial charge in [0.1, 0.15) is 0 Å². The van der Waals surface area contributed by atoms with Crippen molar-refractivity contribution in [2.75, 3.05) is 25.9 Å². The predicted octanol–water partition coefficient (Wildman–Crippen LogP) is 2.45. The first kappa shape index (κ1) is 19.9. The van der Waals surface area contributed by atoms with Crippen LogP contribution in [0.5, 0.6) is 0 Å². The lowest BCUT2D eigenvalue weighted by Gasteiger charge is -2.19. The van der Waals surface area contributed by atoms with E-state index in [9.17, 15) is 13.2 Å². The highest BCUT2D eigenvalue weighted by molar-refractivity contribution is 7.88. The first-order valence-electron chi connectivity index (χ1n) is 7.79. The molecule has 0 saturated carbocycles. The van der Waals surface area contributed by atoms with E-state index in [1.807, 2.05) is 31.2 Å². The number of carbonyl (C=O) groups is 1. The second-order valence-corrected chi connectivity index (χ2v) is 7.91. The molecule has 7 heteroatoms. The van der Waals surface area contributed by atoms with Crippen molar-refractivity contribution in [1.29, 1.82) is 0 Å². The Morgan fingerprint density at radius 2 is 1.87 bits per heavy atom. The van der Waals surface area contributed by atoms with E-state index in [1.54, 1.807) is 0 Å². The number of halogens is 1. The van der Waals surface area contributed by atoms with Gasteiger partial charge in [-0.05, 0) is 30.5 Å². The molecule has 23 heavy (non-hydrogen) atoms. The van der Waals surface area contributed by atoms with Crippen LogP contribution in [0.4, 0.5) is 0 Å². The minimum Gasteiger partial charge on any atom is -0.356 e. The lowest BCUT2D eigenvalue weighted by molar-refractivity contribution is -0.121. The third-order valence-electron chi connectivity index (χ3n) is 3.47. The fourth-order valence-corrected chi connectivity index (χ4v) is 3.10. The number of nitrogens with zero attached hydrogens (tertiary/aromatic N) is 1. The summed E-state index contributed by atoms with van der Waals surface area (Å²) in [5, 5.41) is 3.50. The SMILES string of the molecule is CCCCN(CCC(=O)NCCc1ccc(Cl)cc1)S(C)(=O)=O. The molecule has 130 valence electrons. The first-order chi connectivity index (χ1) is 10.8. The quantitative estimate of drug-likeness (QED) is 0.697. The number of sulfonamides is 1. The Labute approximate surface area is 144 Å². The number of nitrogens with one attached hydrogen (secondary N) is 1. The largest absolute Gasteiger partial charge is 0.356 e. The van der Waals surface area contributed by atoms with Crippen LogP contribution in [0.15, 0.2) is 24.3 Å². The Hall–Kier alpha value is -1.11. The minimum atomic E-state index is -3.26. The normalized spacial score (nSPS) is 11.7. The molecule has 0 unspecified atom stereocenters. The van der Waals surface area contributed by atoms with Gasteiger partial charge in [-0.15, -0.1) is 0 Å². The Morgan fingerprint density at radius 1 is 1.22 bits per heavy atom. The molecule has 0 bridgehead atoms. The van der Waals surface area contributed by atoms with Crippen molar-refractivity contribution < 1.29 is 13.2 Å². The van der Waals surface area contributed by atoms with E-state index < -0.39 is 10.0 Å². The van der Waals surface area contributed by atoms with Crippen molar-refractivity contribution in [3.8, 4) is 0 Å². The maximum atomic E-state index is 11.8. The Kier molecular flexibility index (Phi) is 8.58. The summed E-state index contributed by atoms with van der Waals surface area (Å²) in [6.45, 7) is 3.22. The van der Waals surface area contributed by atoms with Crippen molar-refractivity contribution in [2.45, 2.75) is 32.6 Å². The highest BCUT2D eigenvalue weighted by atomic mass is 35.5. The van der Waals surface area contributed by atoms with Crippen LogP contribution in [-0.2, 0) is 21.2 Å². The van der Waals surface area contributed by atoms with E-state index >= 15 is 0 Å². The molecule has 0 aliphatic rings. The van der Waals surface area contributed by atoms with Gasteiger partial charge in [0.25, 0.3) is 0 Å². The van der Waals surface area contributed by atoms with Gasteiger partial charge in [0, 0.05) is 31.1 Å². The Bertz CT molecular complexity index is 588. The van der Waals surface area contributed by atoms with E-state index in [1.165, 1.54) is 10.6 Å². The van der Waals surface area contributed by atoms with Crippen molar-refractivity contribution in [3.05, 3.63) is 34.9 Å². The zero-order chi connectivity index (χ0) is 17.3. The van der Waals surface area contributed by atoms with Crippen LogP contribution >= 0.6 is 11.6 Å². The maximum absolute atomic E-state index is 11.8. The Balaban J connectivity index is 2.33. The number of hydrogen-bond donors (Lipinski definition) is 1. The van der Waals surface area contributed by atoms with Crippen LogP contribution in [-0.4, -0.2) is 44.5 Å². The van der Waals surface area contributed by atoms with Crippen LogP contribution in [0, 0.1) is 0 Å². The summed E-state index contributed by atoms with van der Waals surface area (Å²) >= 11 is 5.82. The van der Waals surface area contributed by atoms with Crippen molar-refractivity contribution in [3.63, 3.8) is 0 Å². The van der Waals surface area contributed by atoms with Gasteiger partial charge in [0.05, 0.1) is 6.26 Å². The monoisotopic (exact) mass is 360 g/mol. The van der Waals surface area contributed by atoms with Gasteiger partial charge >= 0.3 is 0 Å². The van der Waals surface area contributed by atoms with E-state index in [0.29, 0.717) is 24.5 Å². The van der Waals surface area contributed by atoms with Crippen LogP contribution in [0.25, 0.3) is 0 Å². The zero-order valence-corrected chi connectivity index (χ0v) is 15.3. The lowest BCUT2D eigenvalue weighted by Crippen LogP contribution is -2.35. The lowest BCUT2D eigenvalue weighted by atomic mass is 10.1. The summed E-state index contributed by atoms with van der Waals surface area (Å²) in [5.74, 6) is -0.135. The average molecular weight is 361 g/mol. The molecule has 0 saturated heterocycles. The highest BCUT2D eigenvalue weighted by Gasteiger charge is 2.16. The molecule has 0 atom stereocenters. The molecule has 0 fully saturated rings. The summed E-state index contributed by atoms with van der Waals surface area (Å²) in [6, 6.07) is 7.47. The molecule has 0 aromatic heterocycles. The molecule has 0 aliphatic carbocycles. The molecule has 0 aliphatic heterocycles. The molecule has 5 nitrogen and oxygen atoms in total. The number of amides is 1. The van der Waals surface area contributed by atoms with Crippen molar-refractivity contribution >= 4 is 27.5 Å². The van der Waals surface area contributed by atoms with Crippen LogP contribution in [0.1, 0.15) is 31.7 Å². The molecule has 0 radical (unpaired) electrons. The molecular weight excluding hydrogens is 336 g/mol. The topological polar surface area (TPSA) is 66.5 Å². The summed E-state index contributed by atoms with van der Waals surface area (Å²) in [7, 11) is -3.26. The third kappa shape index (κ3) is 8.34. The summed E-state index contributed by atoms with van der Waals surface area (Å²) in [4.78, 5) is 11.8. The standard InChI is InChI=1S/C16H25ClN2O3S/c1-3-4-12-19(23(2,21)22)13-10-16(20)18-11-9-14-5-7-15(17)8-6-14/h5-8H,3-4,9-13H2,1-2H3,(H,18,20). The number of hydrogen-bond acceptors (Lipinski definition) is 3. The second kappa shape index (κ2) is 9.90. The van der Waals surface area contributed by atoms with E-state index in [-0.39, 0.29) is 18.9 Å². The van der Waals surface area contributed by atoms with Gasteiger partial charge < -0.3 is 5.32 Å². The number of carbonyl (C=O) groups excluding carboxylic acids is 1. The second-order valence-electron chi connectivity index (χ2n) is 5.49. The zero-order valence-electron chi connectivity index (χ0n) is 13.7. The van der Waals surface area contributed by atoms with Gasteiger partial charge in [-0.25, -0.2) is 12.7 Å². The molecule has 1 amide bonds. The van der Waals surface area contributed by atoms with Crippen LogP contribution in [0.3, 0.4) is 0 Å². The molecule has 1 aromatic carbocycles. The number of rotatable bonds is 10. The Morgan fingerprint density at radius 3 is 2.43 bits per heavy atom. The summed E-state index contributed by atoms with van der Waals surface area (Å²) in [6.07, 6.45) is 3.79. The van der Waals surface area contributed by atoms with Gasteiger partial charge in [0.15, 0.2) is 0 Å².